The van der Waals surface area contributed by atoms with Gasteiger partial charge in [-0.2, -0.15) is 11.8 Å². The fourth-order valence-corrected chi connectivity index (χ4v) is 5.23. The Labute approximate surface area is 132 Å². The molecule has 1 N–H and O–H groups in total. The third kappa shape index (κ3) is 4.64. The average Bonchev–Trinajstić information content (AvgIpc) is 2.89. The fourth-order valence-electron chi connectivity index (χ4n) is 2.75. The van der Waals surface area contributed by atoms with Gasteiger partial charge < -0.3 is 5.32 Å². The summed E-state index contributed by atoms with van der Waals surface area (Å²) >= 11 is 4.14. The Morgan fingerprint density at radius 3 is 3.05 bits per heavy atom. The Kier molecular flexibility index (Phi) is 7.18. The highest BCUT2D eigenvalue weighted by Gasteiger charge is 2.18. The SMILES string of the molecule is C=CCCCCCC(NCC)c1cc2c(s1)CCSC2. The monoisotopic (exact) mass is 309 g/mol. The molecule has 20 heavy (non-hydrogen) atoms. The van der Waals surface area contributed by atoms with Gasteiger partial charge in [-0.1, -0.05) is 25.8 Å². The van der Waals surface area contributed by atoms with Crippen LogP contribution in [0.3, 0.4) is 0 Å². The first-order valence-electron chi connectivity index (χ1n) is 7.88. The molecule has 1 unspecified atom stereocenters. The molecule has 1 aliphatic rings. The minimum Gasteiger partial charge on any atom is -0.310 e. The van der Waals surface area contributed by atoms with Crippen LogP contribution in [0.15, 0.2) is 18.7 Å². The zero-order valence-electron chi connectivity index (χ0n) is 12.6. The van der Waals surface area contributed by atoms with Gasteiger partial charge in [-0.05, 0) is 49.6 Å². The van der Waals surface area contributed by atoms with Gasteiger partial charge >= 0.3 is 0 Å². The van der Waals surface area contributed by atoms with E-state index in [0.717, 1.165) is 13.0 Å². The normalized spacial score (nSPS) is 15.8. The summed E-state index contributed by atoms with van der Waals surface area (Å²) < 4.78 is 0. The van der Waals surface area contributed by atoms with E-state index in [1.165, 1.54) is 43.6 Å². The second kappa shape index (κ2) is 8.91. The van der Waals surface area contributed by atoms with E-state index >= 15 is 0 Å². The third-order valence-corrected chi connectivity index (χ3v) is 6.20. The predicted molar refractivity (Wildman–Crippen MR) is 93.9 cm³/mol. The highest BCUT2D eigenvalue weighted by Crippen LogP contribution is 2.35. The van der Waals surface area contributed by atoms with Crippen molar-refractivity contribution in [1.82, 2.24) is 5.32 Å². The Bertz CT molecular complexity index is 388. The summed E-state index contributed by atoms with van der Waals surface area (Å²) in [6.07, 6.45) is 9.70. The summed E-state index contributed by atoms with van der Waals surface area (Å²) in [6.45, 7) is 7.08. The van der Waals surface area contributed by atoms with Crippen molar-refractivity contribution in [2.45, 2.75) is 57.2 Å². The van der Waals surface area contributed by atoms with Crippen LogP contribution in [-0.2, 0) is 12.2 Å². The molecule has 1 aromatic rings. The van der Waals surface area contributed by atoms with E-state index in [0.29, 0.717) is 6.04 Å². The van der Waals surface area contributed by atoms with Gasteiger partial charge in [0.25, 0.3) is 0 Å². The van der Waals surface area contributed by atoms with Crippen molar-refractivity contribution in [3.63, 3.8) is 0 Å². The van der Waals surface area contributed by atoms with Gasteiger partial charge in [0.1, 0.15) is 0 Å². The number of hydrogen-bond acceptors (Lipinski definition) is 3. The van der Waals surface area contributed by atoms with Crippen molar-refractivity contribution in [1.29, 1.82) is 0 Å². The Morgan fingerprint density at radius 1 is 1.40 bits per heavy atom. The van der Waals surface area contributed by atoms with E-state index in [4.69, 9.17) is 0 Å². The highest BCUT2D eigenvalue weighted by atomic mass is 32.2. The molecule has 1 aliphatic heterocycles. The molecule has 2 rings (SSSR count). The van der Waals surface area contributed by atoms with Gasteiger partial charge in [-0.25, -0.2) is 0 Å². The van der Waals surface area contributed by atoms with Crippen molar-refractivity contribution in [2.75, 3.05) is 12.3 Å². The van der Waals surface area contributed by atoms with E-state index in [1.54, 1.807) is 15.3 Å². The summed E-state index contributed by atoms with van der Waals surface area (Å²) in [4.78, 5) is 3.22. The van der Waals surface area contributed by atoms with E-state index in [9.17, 15) is 0 Å². The smallest absolute Gasteiger partial charge is 0.0414 e. The lowest BCUT2D eigenvalue weighted by atomic mass is 10.0. The molecular weight excluding hydrogens is 282 g/mol. The number of rotatable bonds is 9. The first-order valence-corrected chi connectivity index (χ1v) is 9.85. The number of unbranched alkanes of at least 4 members (excludes halogenated alkanes) is 3. The molecule has 1 nitrogen and oxygen atoms in total. The summed E-state index contributed by atoms with van der Waals surface area (Å²) in [7, 11) is 0. The van der Waals surface area contributed by atoms with Gasteiger partial charge in [0, 0.05) is 21.5 Å². The van der Waals surface area contributed by atoms with Crippen molar-refractivity contribution < 1.29 is 0 Å². The maximum atomic E-state index is 3.79. The largest absolute Gasteiger partial charge is 0.310 e. The predicted octanol–water partition coefficient (Wildman–Crippen LogP) is 5.32. The van der Waals surface area contributed by atoms with Gasteiger partial charge in [0.2, 0.25) is 0 Å². The molecule has 3 heteroatoms. The molecular formula is C17H27NS2. The minimum atomic E-state index is 0.573. The molecule has 0 aliphatic carbocycles. The first-order chi connectivity index (χ1) is 9.85. The standard InChI is InChI=1S/C17H27NS2/c1-3-5-6-7-8-9-15(18-4-2)17-12-14-13-19-11-10-16(14)20-17/h3,12,15,18H,1,4-11,13H2,2H3. The van der Waals surface area contributed by atoms with Crippen LogP contribution >= 0.6 is 23.1 Å². The first kappa shape index (κ1) is 16.1. The van der Waals surface area contributed by atoms with Crippen molar-refractivity contribution >= 4 is 23.1 Å². The zero-order chi connectivity index (χ0) is 14.2. The summed E-state index contributed by atoms with van der Waals surface area (Å²) in [6, 6.07) is 3.05. The zero-order valence-corrected chi connectivity index (χ0v) is 14.3. The van der Waals surface area contributed by atoms with E-state index in [1.807, 2.05) is 6.08 Å². The summed E-state index contributed by atoms with van der Waals surface area (Å²) in [5.41, 5.74) is 1.61. The molecule has 0 radical (unpaired) electrons. The number of thioether (sulfide) groups is 1. The van der Waals surface area contributed by atoms with Crippen LogP contribution in [0.2, 0.25) is 0 Å². The summed E-state index contributed by atoms with van der Waals surface area (Å²) in [5, 5.41) is 3.68. The molecule has 0 fully saturated rings. The van der Waals surface area contributed by atoms with Crippen LogP contribution in [0.4, 0.5) is 0 Å². The molecule has 0 amide bonds. The second-order valence-corrected chi connectivity index (χ2v) is 7.71. The minimum absolute atomic E-state index is 0.573. The van der Waals surface area contributed by atoms with Gasteiger partial charge in [-0.15, -0.1) is 17.9 Å². The number of allylic oxidation sites excluding steroid dienone is 1. The Morgan fingerprint density at radius 2 is 2.30 bits per heavy atom. The van der Waals surface area contributed by atoms with Crippen molar-refractivity contribution in [3.8, 4) is 0 Å². The molecule has 0 saturated heterocycles. The van der Waals surface area contributed by atoms with E-state index in [2.05, 4.69) is 48.0 Å². The van der Waals surface area contributed by atoms with Gasteiger partial charge in [0.05, 0.1) is 0 Å². The number of thiophene rings is 1. The lowest BCUT2D eigenvalue weighted by Gasteiger charge is -2.16. The van der Waals surface area contributed by atoms with Crippen LogP contribution in [0.1, 0.15) is 60.4 Å². The number of hydrogen-bond donors (Lipinski definition) is 1. The lowest BCUT2D eigenvalue weighted by molar-refractivity contribution is 0.489. The average molecular weight is 310 g/mol. The summed E-state index contributed by atoms with van der Waals surface area (Å²) in [5.74, 6) is 2.53. The van der Waals surface area contributed by atoms with Crippen LogP contribution in [0.25, 0.3) is 0 Å². The number of nitrogens with one attached hydrogen (secondary N) is 1. The molecule has 0 saturated carbocycles. The van der Waals surface area contributed by atoms with Crippen LogP contribution in [0.5, 0.6) is 0 Å². The molecule has 0 aromatic carbocycles. The molecule has 0 bridgehead atoms. The molecule has 0 spiro atoms. The van der Waals surface area contributed by atoms with E-state index < -0.39 is 0 Å². The van der Waals surface area contributed by atoms with Crippen LogP contribution < -0.4 is 5.32 Å². The molecule has 1 atom stereocenters. The quantitative estimate of drug-likeness (QED) is 0.489. The van der Waals surface area contributed by atoms with Gasteiger partial charge in [0.15, 0.2) is 0 Å². The maximum absolute atomic E-state index is 3.79. The van der Waals surface area contributed by atoms with Crippen molar-refractivity contribution in [3.05, 3.63) is 34.0 Å². The maximum Gasteiger partial charge on any atom is 0.0414 e. The topological polar surface area (TPSA) is 12.0 Å². The van der Waals surface area contributed by atoms with Crippen LogP contribution in [-0.4, -0.2) is 12.3 Å². The second-order valence-electron chi connectivity index (χ2n) is 5.44. The fraction of sp³-hybridized carbons (Fsp3) is 0.647. The molecule has 2 heterocycles. The Balaban J connectivity index is 1.89. The lowest BCUT2D eigenvalue weighted by Crippen LogP contribution is -2.19. The van der Waals surface area contributed by atoms with Crippen molar-refractivity contribution in [2.24, 2.45) is 0 Å². The number of aryl methyl sites for hydroxylation is 1. The molecule has 112 valence electrons. The van der Waals surface area contributed by atoms with Gasteiger partial charge in [-0.3, -0.25) is 0 Å². The van der Waals surface area contributed by atoms with E-state index in [-0.39, 0.29) is 0 Å². The highest BCUT2D eigenvalue weighted by molar-refractivity contribution is 7.98. The molecule has 1 aromatic heterocycles. The Hall–Kier alpha value is -0.250. The van der Waals surface area contributed by atoms with Crippen LogP contribution in [0, 0.1) is 0 Å². The number of fused-ring (bicyclic) bond motifs is 1. The third-order valence-electron chi connectivity index (χ3n) is 3.84.